The summed E-state index contributed by atoms with van der Waals surface area (Å²) in [7, 11) is 3.17. The van der Waals surface area contributed by atoms with E-state index in [1.54, 1.807) is 16.2 Å². The molecule has 8 heteroatoms. The van der Waals surface area contributed by atoms with Gasteiger partial charge in [0.05, 0.1) is 34.6 Å². The van der Waals surface area contributed by atoms with Crippen LogP contribution < -0.4 is 14.9 Å². The number of allylic oxidation sites excluding steroid dienone is 1. The van der Waals surface area contributed by atoms with Gasteiger partial charge in [0.1, 0.15) is 0 Å². The van der Waals surface area contributed by atoms with Gasteiger partial charge in [-0.05, 0) is 25.5 Å². The second-order valence-electron chi connectivity index (χ2n) is 6.83. The summed E-state index contributed by atoms with van der Waals surface area (Å²) >= 11 is 1.30. The number of hydrogen-bond donors (Lipinski definition) is 0. The van der Waals surface area contributed by atoms with E-state index >= 15 is 0 Å². The lowest BCUT2D eigenvalue weighted by Crippen LogP contribution is -2.39. The molecule has 0 amide bonds. The van der Waals surface area contributed by atoms with Gasteiger partial charge in [-0.2, -0.15) is 5.10 Å². The molecule has 3 heterocycles. The van der Waals surface area contributed by atoms with Crippen molar-refractivity contribution >= 4 is 23.4 Å². The van der Waals surface area contributed by atoms with Crippen LogP contribution in [0.3, 0.4) is 0 Å². The third-order valence-corrected chi connectivity index (χ3v) is 5.86. The second-order valence-corrected chi connectivity index (χ2v) is 7.84. The van der Waals surface area contributed by atoms with Crippen LogP contribution in [-0.4, -0.2) is 27.4 Å². The number of methoxy groups -OCH3 is 1. The second kappa shape index (κ2) is 7.29. The zero-order chi connectivity index (χ0) is 20.7. The van der Waals surface area contributed by atoms with Crippen molar-refractivity contribution in [1.29, 1.82) is 0 Å². The van der Waals surface area contributed by atoms with Crippen molar-refractivity contribution in [2.24, 2.45) is 12.0 Å². The largest absolute Gasteiger partial charge is 0.466 e. The predicted octanol–water partition coefficient (Wildman–Crippen LogP) is 1.45. The van der Waals surface area contributed by atoms with Gasteiger partial charge in [0.25, 0.3) is 5.56 Å². The van der Waals surface area contributed by atoms with Gasteiger partial charge in [-0.1, -0.05) is 41.7 Å². The van der Waals surface area contributed by atoms with Crippen LogP contribution in [0, 0.1) is 6.92 Å². The fourth-order valence-corrected chi connectivity index (χ4v) is 4.58. The van der Waals surface area contributed by atoms with E-state index in [2.05, 4.69) is 10.1 Å². The molecule has 148 valence electrons. The first-order chi connectivity index (χ1) is 13.9. The Kier molecular flexibility index (Phi) is 4.79. The molecule has 0 saturated carbocycles. The molecule has 29 heavy (non-hydrogen) atoms. The molecule has 1 aromatic carbocycles. The van der Waals surface area contributed by atoms with Crippen LogP contribution >= 0.6 is 11.3 Å². The maximum Gasteiger partial charge on any atom is 0.338 e. The lowest BCUT2D eigenvalue weighted by atomic mass is 9.96. The average molecular weight is 408 g/mol. The molecule has 0 unspecified atom stereocenters. The lowest BCUT2D eigenvalue weighted by Gasteiger charge is -2.24. The molecule has 2 aromatic heterocycles. The Hall–Kier alpha value is -3.26. The zero-order valence-corrected chi connectivity index (χ0v) is 17.4. The van der Waals surface area contributed by atoms with Gasteiger partial charge in [0, 0.05) is 18.8 Å². The topological polar surface area (TPSA) is 78.5 Å². The normalized spacial score (nSPS) is 16.6. The van der Waals surface area contributed by atoms with E-state index < -0.39 is 12.0 Å². The molecule has 0 N–H and O–H groups in total. The van der Waals surface area contributed by atoms with Gasteiger partial charge < -0.3 is 4.74 Å². The first kappa shape index (κ1) is 19.1. The molecule has 1 aliphatic rings. The number of carbonyl (C=O) groups excluding carboxylic acids is 1. The van der Waals surface area contributed by atoms with Crippen LogP contribution in [0.1, 0.15) is 29.8 Å². The summed E-state index contributed by atoms with van der Waals surface area (Å²) in [6.07, 6.45) is 3.69. The number of carbonyl (C=O) groups is 1. The third kappa shape index (κ3) is 3.25. The molecule has 0 bridgehead atoms. The summed E-state index contributed by atoms with van der Waals surface area (Å²) in [5, 5.41) is 4.33. The first-order valence-electron chi connectivity index (χ1n) is 9.06. The minimum atomic E-state index is -0.586. The molecule has 1 aliphatic heterocycles. The summed E-state index contributed by atoms with van der Waals surface area (Å²) < 4.78 is 8.83. The van der Waals surface area contributed by atoms with Crippen molar-refractivity contribution < 1.29 is 9.53 Å². The smallest absolute Gasteiger partial charge is 0.338 e. The maximum absolute atomic E-state index is 13.4. The SMILES string of the molecule is COC(=O)C1=C(C)N=c2sc(=Cc3cn(C)nc3C)c(=O)n2[C@@H]1c1ccccc1. The molecule has 3 aromatic rings. The summed E-state index contributed by atoms with van der Waals surface area (Å²) in [4.78, 5) is 31.0. The van der Waals surface area contributed by atoms with E-state index in [4.69, 9.17) is 4.74 Å². The molecule has 0 spiro atoms. The number of benzene rings is 1. The highest BCUT2D eigenvalue weighted by atomic mass is 32.1. The van der Waals surface area contributed by atoms with Crippen molar-refractivity contribution in [2.75, 3.05) is 7.11 Å². The Balaban J connectivity index is 2.00. The fourth-order valence-electron chi connectivity index (χ4n) is 3.54. The number of aryl methyl sites for hydroxylation is 2. The summed E-state index contributed by atoms with van der Waals surface area (Å²) in [6, 6.07) is 8.87. The van der Waals surface area contributed by atoms with Crippen LogP contribution in [0.4, 0.5) is 0 Å². The van der Waals surface area contributed by atoms with Gasteiger partial charge in [0.15, 0.2) is 4.80 Å². The maximum atomic E-state index is 13.4. The highest BCUT2D eigenvalue weighted by Crippen LogP contribution is 2.30. The van der Waals surface area contributed by atoms with E-state index in [1.807, 2.05) is 56.6 Å². The zero-order valence-electron chi connectivity index (χ0n) is 16.5. The summed E-state index contributed by atoms with van der Waals surface area (Å²) in [5.41, 5.74) is 3.26. The number of esters is 1. The van der Waals surface area contributed by atoms with Gasteiger partial charge >= 0.3 is 5.97 Å². The van der Waals surface area contributed by atoms with E-state index in [-0.39, 0.29) is 5.56 Å². The Bertz CT molecular complexity index is 1310. The fraction of sp³-hybridized carbons (Fsp3) is 0.238. The van der Waals surface area contributed by atoms with E-state index in [9.17, 15) is 9.59 Å². The number of hydrogen-bond acceptors (Lipinski definition) is 6. The standard InChI is InChI=1S/C21H20N4O3S/c1-12-15(11-24(3)23-12)10-16-19(26)25-18(14-8-6-5-7-9-14)17(20(27)28-4)13(2)22-21(25)29-16/h5-11,18H,1-4H3/t18-/m1/s1. The van der Waals surface area contributed by atoms with Gasteiger partial charge in [0.2, 0.25) is 0 Å². The molecule has 4 rings (SSSR count). The summed E-state index contributed by atoms with van der Waals surface area (Å²) in [5.74, 6) is -0.488. The van der Waals surface area contributed by atoms with Crippen molar-refractivity contribution in [3.63, 3.8) is 0 Å². The Morgan fingerprint density at radius 3 is 2.59 bits per heavy atom. The van der Waals surface area contributed by atoms with E-state index in [0.29, 0.717) is 20.6 Å². The van der Waals surface area contributed by atoms with Crippen LogP contribution in [0.2, 0.25) is 0 Å². The molecule has 7 nitrogen and oxygen atoms in total. The number of ether oxygens (including phenoxy) is 1. The molecule has 0 aliphatic carbocycles. The van der Waals surface area contributed by atoms with Crippen LogP contribution in [0.5, 0.6) is 0 Å². The van der Waals surface area contributed by atoms with Crippen molar-refractivity contribution in [3.8, 4) is 0 Å². The predicted molar refractivity (Wildman–Crippen MR) is 110 cm³/mol. The van der Waals surface area contributed by atoms with Gasteiger partial charge in [-0.15, -0.1) is 0 Å². The van der Waals surface area contributed by atoms with Gasteiger partial charge in [-0.3, -0.25) is 14.0 Å². The van der Waals surface area contributed by atoms with Gasteiger partial charge in [-0.25, -0.2) is 9.79 Å². The van der Waals surface area contributed by atoms with Crippen molar-refractivity contribution in [3.05, 3.63) is 84.3 Å². The quantitative estimate of drug-likeness (QED) is 0.615. The molecule has 0 radical (unpaired) electrons. The highest BCUT2D eigenvalue weighted by molar-refractivity contribution is 7.07. The van der Waals surface area contributed by atoms with Crippen molar-refractivity contribution in [2.45, 2.75) is 19.9 Å². The minimum Gasteiger partial charge on any atom is -0.466 e. The first-order valence-corrected chi connectivity index (χ1v) is 9.88. The number of aromatic nitrogens is 3. The average Bonchev–Trinajstić information content (AvgIpc) is 3.19. The Morgan fingerprint density at radius 1 is 1.24 bits per heavy atom. The van der Waals surface area contributed by atoms with E-state index in [0.717, 1.165) is 16.8 Å². The number of nitrogens with zero attached hydrogens (tertiary/aromatic N) is 4. The van der Waals surface area contributed by atoms with Crippen LogP contribution in [-0.2, 0) is 16.6 Å². The lowest BCUT2D eigenvalue weighted by molar-refractivity contribution is -0.136. The van der Waals surface area contributed by atoms with Crippen LogP contribution in [0.25, 0.3) is 6.08 Å². The Morgan fingerprint density at radius 2 is 1.97 bits per heavy atom. The Labute approximate surface area is 170 Å². The third-order valence-electron chi connectivity index (χ3n) is 4.88. The minimum absolute atomic E-state index is 0.195. The molecule has 0 saturated heterocycles. The van der Waals surface area contributed by atoms with E-state index in [1.165, 1.54) is 18.4 Å². The summed E-state index contributed by atoms with van der Waals surface area (Å²) in [6.45, 7) is 3.67. The molecular formula is C21H20N4O3S. The molecule has 0 fully saturated rings. The number of thiazole rings is 1. The number of fused-ring (bicyclic) bond motifs is 1. The molecule has 1 atom stereocenters. The highest BCUT2D eigenvalue weighted by Gasteiger charge is 2.32. The van der Waals surface area contributed by atoms with Crippen molar-refractivity contribution in [1.82, 2.24) is 14.3 Å². The monoisotopic (exact) mass is 408 g/mol. The number of rotatable bonds is 3. The molecular weight excluding hydrogens is 388 g/mol. The van der Waals surface area contributed by atoms with Crippen LogP contribution in [0.15, 0.2) is 57.6 Å².